The zero-order chi connectivity index (χ0) is 16.4. The summed E-state index contributed by atoms with van der Waals surface area (Å²) in [7, 11) is 0. The van der Waals surface area contributed by atoms with E-state index in [1.54, 1.807) is 18.2 Å². The van der Waals surface area contributed by atoms with E-state index in [0.717, 1.165) is 22.2 Å². The summed E-state index contributed by atoms with van der Waals surface area (Å²) in [4.78, 5) is 0. The van der Waals surface area contributed by atoms with Crippen molar-refractivity contribution in [3.05, 3.63) is 65.6 Å². The Morgan fingerprint density at radius 2 is 1.91 bits per heavy atom. The summed E-state index contributed by atoms with van der Waals surface area (Å²) in [5.74, 6) is -0.0687. The van der Waals surface area contributed by atoms with E-state index in [9.17, 15) is 4.39 Å². The van der Waals surface area contributed by atoms with Crippen LogP contribution in [0.5, 0.6) is 5.75 Å². The van der Waals surface area contributed by atoms with Crippen molar-refractivity contribution in [3.63, 3.8) is 0 Å². The molecule has 0 aliphatic carbocycles. The van der Waals surface area contributed by atoms with Crippen LogP contribution in [0.4, 0.5) is 4.39 Å². The van der Waals surface area contributed by atoms with Gasteiger partial charge in [0, 0.05) is 23.5 Å². The molecular formula is C19H21FN2O. The van der Waals surface area contributed by atoms with E-state index in [4.69, 9.17) is 10.5 Å². The second-order valence-corrected chi connectivity index (χ2v) is 5.92. The summed E-state index contributed by atoms with van der Waals surface area (Å²) in [6, 6.07) is 15.1. The molecule has 1 heterocycles. The maximum absolute atomic E-state index is 13.7. The zero-order valence-corrected chi connectivity index (χ0v) is 13.4. The molecule has 0 bridgehead atoms. The Hall–Kier alpha value is -2.33. The highest BCUT2D eigenvalue weighted by Crippen LogP contribution is 2.27. The van der Waals surface area contributed by atoms with Gasteiger partial charge in [0.2, 0.25) is 0 Å². The summed E-state index contributed by atoms with van der Waals surface area (Å²) in [5, 5.41) is 1.14. The third-order valence-electron chi connectivity index (χ3n) is 3.95. The Bertz CT molecular complexity index is 823. The molecule has 120 valence electrons. The molecule has 3 nitrogen and oxygen atoms in total. The number of benzene rings is 2. The number of halogens is 1. The summed E-state index contributed by atoms with van der Waals surface area (Å²) >= 11 is 0. The van der Waals surface area contributed by atoms with Crippen molar-refractivity contribution >= 4 is 10.9 Å². The van der Waals surface area contributed by atoms with Crippen molar-refractivity contribution in [2.24, 2.45) is 5.73 Å². The largest absolute Gasteiger partial charge is 0.484 e. The van der Waals surface area contributed by atoms with Crippen LogP contribution in [-0.2, 0) is 13.2 Å². The minimum absolute atomic E-state index is 0.274. The third kappa shape index (κ3) is 3.08. The maximum atomic E-state index is 13.7. The van der Waals surface area contributed by atoms with Gasteiger partial charge in [0.05, 0.1) is 5.69 Å². The molecule has 0 saturated heterocycles. The summed E-state index contributed by atoms with van der Waals surface area (Å²) in [5.41, 5.74) is 9.00. The molecule has 0 aliphatic rings. The van der Waals surface area contributed by atoms with Gasteiger partial charge in [-0.25, -0.2) is 4.39 Å². The number of nitrogens with zero attached hydrogens (tertiary/aromatic N) is 1. The van der Waals surface area contributed by atoms with Crippen LogP contribution in [0.1, 0.15) is 31.1 Å². The highest BCUT2D eigenvalue weighted by Gasteiger charge is 2.13. The Kier molecular flexibility index (Phi) is 4.35. The highest BCUT2D eigenvalue weighted by molar-refractivity contribution is 5.82. The normalized spacial score (nSPS) is 11.3. The number of hydrogen-bond donors (Lipinski definition) is 1. The lowest BCUT2D eigenvalue weighted by atomic mass is 10.1. The Labute approximate surface area is 135 Å². The number of fused-ring (bicyclic) bond motifs is 1. The fourth-order valence-corrected chi connectivity index (χ4v) is 2.89. The predicted molar refractivity (Wildman–Crippen MR) is 90.9 cm³/mol. The van der Waals surface area contributed by atoms with Gasteiger partial charge in [-0.3, -0.25) is 0 Å². The van der Waals surface area contributed by atoms with Crippen LogP contribution in [0.15, 0.2) is 48.5 Å². The third-order valence-corrected chi connectivity index (χ3v) is 3.95. The fourth-order valence-electron chi connectivity index (χ4n) is 2.89. The molecule has 0 saturated carbocycles. The van der Waals surface area contributed by atoms with Gasteiger partial charge in [-0.05, 0) is 43.7 Å². The van der Waals surface area contributed by atoms with Crippen LogP contribution in [0.3, 0.4) is 0 Å². The minimum Gasteiger partial charge on any atom is -0.484 e. The smallest absolute Gasteiger partial charge is 0.165 e. The van der Waals surface area contributed by atoms with Crippen LogP contribution in [0.25, 0.3) is 10.9 Å². The molecule has 4 heteroatoms. The van der Waals surface area contributed by atoms with Gasteiger partial charge in [-0.2, -0.15) is 0 Å². The van der Waals surface area contributed by atoms with Gasteiger partial charge >= 0.3 is 0 Å². The van der Waals surface area contributed by atoms with E-state index >= 15 is 0 Å². The maximum Gasteiger partial charge on any atom is 0.165 e. The Morgan fingerprint density at radius 1 is 1.13 bits per heavy atom. The lowest BCUT2D eigenvalue weighted by Gasteiger charge is -2.16. The number of aromatic nitrogens is 1. The first-order chi connectivity index (χ1) is 11.1. The van der Waals surface area contributed by atoms with Crippen molar-refractivity contribution in [1.29, 1.82) is 0 Å². The molecule has 0 aliphatic heterocycles. The van der Waals surface area contributed by atoms with Crippen molar-refractivity contribution < 1.29 is 9.13 Å². The molecule has 0 amide bonds. The molecule has 1 aromatic heterocycles. The molecule has 3 rings (SSSR count). The van der Waals surface area contributed by atoms with E-state index in [-0.39, 0.29) is 17.6 Å². The van der Waals surface area contributed by atoms with Gasteiger partial charge in [0.1, 0.15) is 6.61 Å². The van der Waals surface area contributed by atoms with E-state index in [1.165, 1.54) is 6.07 Å². The molecule has 0 fully saturated rings. The van der Waals surface area contributed by atoms with Crippen molar-refractivity contribution in [2.45, 2.75) is 33.0 Å². The molecule has 0 radical (unpaired) electrons. The minimum atomic E-state index is -0.342. The summed E-state index contributed by atoms with van der Waals surface area (Å²) < 4.78 is 21.6. The second kappa shape index (κ2) is 6.42. The van der Waals surface area contributed by atoms with Gasteiger partial charge in [-0.15, -0.1) is 0 Å². The average molecular weight is 312 g/mol. The number of rotatable bonds is 5. The van der Waals surface area contributed by atoms with Gasteiger partial charge < -0.3 is 15.0 Å². The Morgan fingerprint density at radius 3 is 2.61 bits per heavy atom. The van der Waals surface area contributed by atoms with Crippen LogP contribution < -0.4 is 10.5 Å². The molecule has 2 aromatic carbocycles. The average Bonchev–Trinajstić information content (AvgIpc) is 2.91. The molecule has 0 spiro atoms. The first kappa shape index (κ1) is 15.6. The molecular weight excluding hydrogens is 291 g/mol. The van der Waals surface area contributed by atoms with Gasteiger partial charge in [0.25, 0.3) is 0 Å². The van der Waals surface area contributed by atoms with Crippen LogP contribution in [0.2, 0.25) is 0 Å². The van der Waals surface area contributed by atoms with Crippen LogP contribution in [-0.4, -0.2) is 4.57 Å². The molecule has 2 N–H and O–H groups in total. The van der Waals surface area contributed by atoms with Gasteiger partial charge in [0.15, 0.2) is 11.6 Å². The standard InChI is InChI=1S/C19H21FN2O/c1-13(2)22-16(12-23-19-6-4-3-5-17(19)20)10-15-8-7-14(11-21)9-18(15)22/h3-10,13H,11-12,21H2,1-2H3. The summed E-state index contributed by atoms with van der Waals surface area (Å²) in [6.45, 7) is 5.09. The zero-order valence-electron chi connectivity index (χ0n) is 13.4. The van der Waals surface area contributed by atoms with E-state index in [2.05, 4.69) is 36.6 Å². The SMILES string of the molecule is CC(C)n1c(COc2ccccc2F)cc2ccc(CN)cc21. The topological polar surface area (TPSA) is 40.2 Å². The lowest BCUT2D eigenvalue weighted by Crippen LogP contribution is -2.09. The van der Waals surface area contributed by atoms with Crippen molar-refractivity contribution in [3.8, 4) is 5.75 Å². The van der Waals surface area contributed by atoms with Crippen molar-refractivity contribution in [1.82, 2.24) is 4.57 Å². The van der Waals surface area contributed by atoms with Gasteiger partial charge in [-0.1, -0.05) is 24.3 Å². The molecule has 23 heavy (non-hydrogen) atoms. The number of ether oxygens (including phenoxy) is 1. The number of nitrogens with two attached hydrogens (primary N) is 1. The predicted octanol–water partition coefficient (Wildman–Crippen LogP) is 4.40. The van der Waals surface area contributed by atoms with Crippen LogP contribution >= 0.6 is 0 Å². The van der Waals surface area contributed by atoms with E-state index < -0.39 is 0 Å². The lowest BCUT2D eigenvalue weighted by molar-refractivity contribution is 0.279. The number of para-hydroxylation sites is 1. The first-order valence-corrected chi connectivity index (χ1v) is 7.80. The van der Waals surface area contributed by atoms with E-state index in [1.807, 2.05) is 6.07 Å². The van der Waals surface area contributed by atoms with Crippen molar-refractivity contribution in [2.75, 3.05) is 0 Å². The quantitative estimate of drug-likeness (QED) is 0.758. The molecule has 0 atom stereocenters. The summed E-state index contributed by atoms with van der Waals surface area (Å²) in [6.07, 6.45) is 0. The van der Waals surface area contributed by atoms with E-state index in [0.29, 0.717) is 13.2 Å². The Balaban J connectivity index is 1.96. The monoisotopic (exact) mass is 312 g/mol. The second-order valence-electron chi connectivity index (χ2n) is 5.92. The highest BCUT2D eigenvalue weighted by atomic mass is 19.1. The number of hydrogen-bond acceptors (Lipinski definition) is 2. The first-order valence-electron chi connectivity index (χ1n) is 7.80. The molecule has 0 unspecified atom stereocenters. The fraction of sp³-hybridized carbons (Fsp3) is 0.263. The molecule has 3 aromatic rings. The van der Waals surface area contributed by atoms with Crippen LogP contribution in [0, 0.1) is 5.82 Å².